The number of hydrogen-bond donors (Lipinski definition) is 1. The van der Waals surface area contributed by atoms with Crippen LogP contribution in [0.3, 0.4) is 0 Å². The Bertz CT molecular complexity index is 1440. The second-order valence-electron chi connectivity index (χ2n) is 9.57. The van der Waals surface area contributed by atoms with Gasteiger partial charge in [-0.3, -0.25) is 13.9 Å². The second-order valence-corrected chi connectivity index (χ2v) is 11.4. The molecule has 0 radical (unpaired) electrons. The van der Waals surface area contributed by atoms with Crippen molar-refractivity contribution in [2.45, 2.75) is 44.3 Å². The molecular formula is C30H37N3O7S. The summed E-state index contributed by atoms with van der Waals surface area (Å²) in [6.07, 6.45) is 0. The van der Waals surface area contributed by atoms with Crippen LogP contribution in [0.25, 0.3) is 0 Å². The highest BCUT2D eigenvalue weighted by molar-refractivity contribution is 7.92. The molecule has 10 nitrogen and oxygen atoms in total. The molecule has 3 aromatic carbocycles. The number of para-hydroxylation sites is 2. The van der Waals surface area contributed by atoms with Crippen LogP contribution in [-0.2, 0) is 26.2 Å². The maximum absolute atomic E-state index is 14.0. The lowest BCUT2D eigenvalue weighted by molar-refractivity contribution is -0.139. The van der Waals surface area contributed by atoms with Gasteiger partial charge >= 0.3 is 0 Å². The monoisotopic (exact) mass is 583 g/mol. The number of amides is 2. The number of rotatable bonds is 13. The molecule has 1 N–H and O–H groups in total. The van der Waals surface area contributed by atoms with Gasteiger partial charge in [-0.1, -0.05) is 24.3 Å². The van der Waals surface area contributed by atoms with E-state index in [0.29, 0.717) is 17.1 Å². The summed E-state index contributed by atoms with van der Waals surface area (Å²) in [7, 11) is 0.184. The molecule has 0 bridgehead atoms. The van der Waals surface area contributed by atoms with Gasteiger partial charge in [0.1, 0.15) is 29.8 Å². The standard InChI is InChI=1S/C30H37N3O7S/c1-21(2)31-30(35)22(3)32(19-23-10-9-11-25(18-23)39-5)29(34)20-33(27-12-7-8-13-28(27)40-6)41(36,37)26-16-14-24(38-4)15-17-26/h7-18,21-22H,19-20H2,1-6H3,(H,31,35). The van der Waals surface area contributed by atoms with Crippen LogP contribution in [0.5, 0.6) is 17.2 Å². The third-order valence-corrected chi connectivity index (χ3v) is 8.14. The molecule has 220 valence electrons. The molecule has 0 saturated heterocycles. The molecule has 0 aliphatic heterocycles. The molecule has 1 atom stereocenters. The Hall–Kier alpha value is -4.25. The largest absolute Gasteiger partial charge is 0.497 e. The molecule has 0 aliphatic rings. The van der Waals surface area contributed by atoms with E-state index in [1.807, 2.05) is 19.9 Å². The van der Waals surface area contributed by atoms with Crippen molar-refractivity contribution in [2.75, 3.05) is 32.2 Å². The first-order valence-corrected chi connectivity index (χ1v) is 14.5. The number of sulfonamides is 1. The van der Waals surface area contributed by atoms with Crippen molar-refractivity contribution in [3.8, 4) is 17.2 Å². The van der Waals surface area contributed by atoms with Gasteiger partial charge in [0.05, 0.1) is 31.9 Å². The summed E-state index contributed by atoms with van der Waals surface area (Å²) in [6.45, 7) is 4.72. The minimum atomic E-state index is -4.26. The van der Waals surface area contributed by atoms with Crippen molar-refractivity contribution in [1.82, 2.24) is 10.2 Å². The van der Waals surface area contributed by atoms with Crippen LogP contribution in [0, 0.1) is 0 Å². The zero-order valence-corrected chi connectivity index (χ0v) is 25.0. The van der Waals surface area contributed by atoms with Crippen LogP contribution in [0.1, 0.15) is 26.3 Å². The fourth-order valence-electron chi connectivity index (χ4n) is 4.18. The molecule has 0 aliphatic carbocycles. The maximum Gasteiger partial charge on any atom is 0.264 e. The average Bonchev–Trinajstić information content (AvgIpc) is 2.97. The zero-order valence-electron chi connectivity index (χ0n) is 24.2. The molecule has 0 aromatic heterocycles. The van der Waals surface area contributed by atoms with Gasteiger partial charge in [0.2, 0.25) is 11.8 Å². The third-order valence-electron chi connectivity index (χ3n) is 6.37. The highest BCUT2D eigenvalue weighted by Gasteiger charge is 2.34. The quantitative estimate of drug-likeness (QED) is 0.325. The van der Waals surface area contributed by atoms with Crippen molar-refractivity contribution in [3.05, 3.63) is 78.4 Å². The molecule has 1 unspecified atom stereocenters. The lowest BCUT2D eigenvalue weighted by Crippen LogP contribution is -2.52. The highest BCUT2D eigenvalue weighted by Crippen LogP contribution is 2.33. The number of carbonyl (C=O) groups is 2. The van der Waals surface area contributed by atoms with Crippen molar-refractivity contribution in [3.63, 3.8) is 0 Å². The van der Waals surface area contributed by atoms with Crippen LogP contribution >= 0.6 is 0 Å². The van der Waals surface area contributed by atoms with Crippen LogP contribution in [0.2, 0.25) is 0 Å². The lowest BCUT2D eigenvalue weighted by atomic mass is 10.1. The Morgan fingerprint density at radius 3 is 2.10 bits per heavy atom. The second kappa shape index (κ2) is 13.9. The van der Waals surface area contributed by atoms with E-state index in [-0.39, 0.29) is 34.8 Å². The topological polar surface area (TPSA) is 114 Å². The molecule has 2 amide bonds. The van der Waals surface area contributed by atoms with Gasteiger partial charge in [-0.25, -0.2) is 8.42 Å². The minimum Gasteiger partial charge on any atom is -0.497 e. The summed E-state index contributed by atoms with van der Waals surface area (Å²) in [5, 5.41) is 2.84. The third kappa shape index (κ3) is 7.69. The Morgan fingerprint density at radius 1 is 0.829 bits per heavy atom. The van der Waals surface area contributed by atoms with E-state index in [1.165, 1.54) is 50.5 Å². The van der Waals surface area contributed by atoms with E-state index in [9.17, 15) is 18.0 Å². The number of anilines is 1. The van der Waals surface area contributed by atoms with Gasteiger partial charge in [0.15, 0.2) is 0 Å². The Morgan fingerprint density at radius 2 is 1.49 bits per heavy atom. The van der Waals surface area contributed by atoms with E-state index in [1.54, 1.807) is 49.4 Å². The molecule has 0 saturated carbocycles. The SMILES string of the molecule is COc1ccc(S(=O)(=O)N(CC(=O)N(Cc2cccc(OC)c2)C(C)C(=O)NC(C)C)c2ccccc2OC)cc1. The van der Waals surface area contributed by atoms with Gasteiger partial charge in [0.25, 0.3) is 10.0 Å². The van der Waals surface area contributed by atoms with Crippen molar-refractivity contribution in [1.29, 1.82) is 0 Å². The van der Waals surface area contributed by atoms with Gasteiger partial charge < -0.3 is 24.4 Å². The number of nitrogens with zero attached hydrogens (tertiary/aromatic N) is 2. The van der Waals surface area contributed by atoms with E-state index in [4.69, 9.17) is 14.2 Å². The predicted octanol–water partition coefficient (Wildman–Crippen LogP) is 3.85. The number of methoxy groups -OCH3 is 3. The van der Waals surface area contributed by atoms with E-state index in [0.717, 1.165) is 4.31 Å². The molecule has 0 fully saturated rings. The van der Waals surface area contributed by atoms with Crippen molar-refractivity contribution in [2.24, 2.45) is 0 Å². The van der Waals surface area contributed by atoms with Gasteiger partial charge in [-0.2, -0.15) is 0 Å². The van der Waals surface area contributed by atoms with Gasteiger partial charge in [0, 0.05) is 12.6 Å². The number of carbonyl (C=O) groups excluding carboxylic acids is 2. The summed E-state index contributed by atoms with van der Waals surface area (Å²) < 4.78 is 45.0. The summed E-state index contributed by atoms with van der Waals surface area (Å²) in [4.78, 5) is 28.4. The molecule has 3 rings (SSSR count). The van der Waals surface area contributed by atoms with E-state index >= 15 is 0 Å². The Labute approximate surface area is 241 Å². The van der Waals surface area contributed by atoms with Crippen LogP contribution in [-0.4, -0.2) is 65.1 Å². The van der Waals surface area contributed by atoms with E-state index in [2.05, 4.69) is 5.32 Å². The maximum atomic E-state index is 14.0. The first-order valence-electron chi connectivity index (χ1n) is 13.0. The van der Waals surface area contributed by atoms with Crippen molar-refractivity contribution >= 4 is 27.5 Å². The van der Waals surface area contributed by atoms with Gasteiger partial charge in [-0.05, 0) is 74.9 Å². The predicted molar refractivity (Wildman–Crippen MR) is 157 cm³/mol. The molecular weight excluding hydrogens is 546 g/mol. The Balaban J connectivity index is 2.08. The summed E-state index contributed by atoms with van der Waals surface area (Å²) >= 11 is 0. The first kappa shape index (κ1) is 31.3. The number of benzene rings is 3. The smallest absolute Gasteiger partial charge is 0.264 e. The summed E-state index contributed by atoms with van der Waals surface area (Å²) in [5.74, 6) is 0.396. The Kier molecular flexibility index (Phi) is 10.6. The molecule has 0 spiro atoms. The molecule has 41 heavy (non-hydrogen) atoms. The molecule has 3 aromatic rings. The molecule has 11 heteroatoms. The molecule has 0 heterocycles. The van der Waals surface area contributed by atoms with Gasteiger partial charge in [-0.15, -0.1) is 0 Å². The van der Waals surface area contributed by atoms with Crippen LogP contribution in [0.15, 0.2) is 77.7 Å². The zero-order chi connectivity index (χ0) is 30.2. The normalized spacial score (nSPS) is 11.9. The number of nitrogens with one attached hydrogen (secondary N) is 1. The summed E-state index contributed by atoms with van der Waals surface area (Å²) in [5.41, 5.74) is 0.892. The fourth-order valence-corrected chi connectivity index (χ4v) is 5.60. The van der Waals surface area contributed by atoms with Crippen LogP contribution in [0.4, 0.5) is 5.69 Å². The number of hydrogen-bond acceptors (Lipinski definition) is 7. The van der Waals surface area contributed by atoms with Crippen molar-refractivity contribution < 1.29 is 32.2 Å². The minimum absolute atomic E-state index is 0.0399. The highest BCUT2D eigenvalue weighted by atomic mass is 32.2. The summed E-state index contributed by atoms with van der Waals surface area (Å²) in [6, 6.07) is 18.5. The van der Waals surface area contributed by atoms with E-state index < -0.39 is 28.5 Å². The number of ether oxygens (including phenoxy) is 3. The first-order chi connectivity index (χ1) is 19.5. The fraction of sp³-hybridized carbons (Fsp3) is 0.333. The lowest BCUT2D eigenvalue weighted by Gasteiger charge is -2.32. The average molecular weight is 584 g/mol. The van der Waals surface area contributed by atoms with Crippen LogP contribution < -0.4 is 23.8 Å².